The summed E-state index contributed by atoms with van der Waals surface area (Å²) in [6, 6.07) is 6.40. The number of anilines is 2. The summed E-state index contributed by atoms with van der Waals surface area (Å²) in [7, 11) is 1.65. The second-order valence-electron chi connectivity index (χ2n) is 4.93. The molecule has 0 spiro atoms. The molecule has 3 heteroatoms. The van der Waals surface area contributed by atoms with Gasteiger partial charge in [0.15, 0.2) is 0 Å². The number of methoxy groups -OCH3 is 1. The van der Waals surface area contributed by atoms with Gasteiger partial charge in [-0.3, -0.25) is 0 Å². The molecule has 0 heterocycles. The summed E-state index contributed by atoms with van der Waals surface area (Å²) in [6.45, 7) is 2.26. The molecule has 0 aromatic heterocycles. The van der Waals surface area contributed by atoms with Crippen LogP contribution in [0, 0.1) is 5.92 Å². The van der Waals surface area contributed by atoms with Gasteiger partial charge in [0, 0.05) is 17.8 Å². The fourth-order valence-corrected chi connectivity index (χ4v) is 2.64. The monoisotopic (exact) mass is 234 g/mol. The van der Waals surface area contributed by atoms with Gasteiger partial charge in [0.25, 0.3) is 0 Å². The first-order chi connectivity index (χ1) is 8.20. The lowest BCUT2D eigenvalue weighted by Crippen LogP contribution is -2.23. The van der Waals surface area contributed by atoms with Crippen LogP contribution in [0.25, 0.3) is 0 Å². The Morgan fingerprint density at radius 2 is 2.06 bits per heavy atom. The highest BCUT2D eigenvalue weighted by Crippen LogP contribution is 2.31. The summed E-state index contributed by atoms with van der Waals surface area (Å²) >= 11 is 0. The average Bonchev–Trinajstić information content (AvgIpc) is 2.85. The first-order valence-electron chi connectivity index (χ1n) is 6.40. The Kier molecular flexibility index (Phi) is 3.77. The third-order valence-electron chi connectivity index (χ3n) is 3.73. The summed E-state index contributed by atoms with van der Waals surface area (Å²) in [5.74, 6) is 1.55. The SMILES string of the molecule is COc1cc(NC(C)C2CCCC2)ccc1N. The zero-order valence-corrected chi connectivity index (χ0v) is 10.7. The molecule has 1 unspecified atom stereocenters. The van der Waals surface area contributed by atoms with Gasteiger partial charge in [-0.15, -0.1) is 0 Å². The topological polar surface area (TPSA) is 47.3 Å². The van der Waals surface area contributed by atoms with Crippen molar-refractivity contribution in [3.63, 3.8) is 0 Å². The van der Waals surface area contributed by atoms with Crippen molar-refractivity contribution in [2.45, 2.75) is 38.6 Å². The van der Waals surface area contributed by atoms with E-state index in [1.54, 1.807) is 7.11 Å². The van der Waals surface area contributed by atoms with Gasteiger partial charge in [-0.05, 0) is 37.8 Å². The minimum Gasteiger partial charge on any atom is -0.495 e. The maximum atomic E-state index is 5.80. The van der Waals surface area contributed by atoms with Crippen molar-refractivity contribution in [2.75, 3.05) is 18.2 Å². The molecule has 0 saturated heterocycles. The minimum atomic E-state index is 0.519. The van der Waals surface area contributed by atoms with Gasteiger partial charge < -0.3 is 15.8 Å². The maximum Gasteiger partial charge on any atom is 0.143 e. The van der Waals surface area contributed by atoms with E-state index in [4.69, 9.17) is 10.5 Å². The van der Waals surface area contributed by atoms with Gasteiger partial charge >= 0.3 is 0 Å². The van der Waals surface area contributed by atoms with Gasteiger partial charge in [0.05, 0.1) is 12.8 Å². The van der Waals surface area contributed by atoms with E-state index in [2.05, 4.69) is 12.2 Å². The molecule has 2 rings (SSSR count). The van der Waals surface area contributed by atoms with Crippen LogP contribution in [-0.4, -0.2) is 13.2 Å². The largest absolute Gasteiger partial charge is 0.495 e. The van der Waals surface area contributed by atoms with E-state index in [-0.39, 0.29) is 0 Å². The van der Waals surface area contributed by atoms with Crippen LogP contribution < -0.4 is 15.8 Å². The van der Waals surface area contributed by atoms with Crippen molar-refractivity contribution >= 4 is 11.4 Å². The number of rotatable bonds is 4. The fraction of sp³-hybridized carbons (Fsp3) is 0.571. The van der Waals surface area contributed by atoms with Gasteiger partial charge in [-0.25, -0.2) is 0 Å². The highest BCUT2D eigenvalue weighted by molar-refractivity contribution is 5.61. The summed E-state index contributed by atoms with van der Waals surface area (Å²) in [4.78, 5) is 0. The van der Waals surface area contributed by atoms with Crippen LogP contribution in [0.3, 0.4) is 0 Å². The predicted molar refractivity (Wildman–Crippen MR) is 72.4 cm³/mol. The van der Waals surface area contributed by atoms with Gasteiger partial charge in [0.1, 0.15) is 5.75 Å². The third kappa shape index (κ3) is 2.84. The van der Waals surface area contributed by atoms with Crippen molar-refractivity contribution in [3.8, 4) is 5.75 Å². The molecule has 1 saturated carbocycles. The van der Waals surface area contributed by atoms with Crippen LogP contribution in [0.5, 0.6) is 5.75 Å². The van der Waals surface area contributed by atoms with Crippen LogP contribution in [0.15, 0.2) is 18.2 Å². The van der Waals surface area contributed by atoms with E-state index < -0.39 is 0 Å². The number of nitrogens with two attached hydrogens (primary N) is 1. The van der Waals surface area contributed by atoms with E-state index in [9.17, 15) is 0 Å². The van der Waals surface area contributed by atoms with Crippen LogP contribution in [-0.2, 0) is 0 Å². The highest BCUT2D eigenvalue weighted by atomic mass is 16.5. The molecule has 0 radical (unpaired) electrons. The van der Waals surface area contributed by atoms with Gasteiger partial charge in [-0.2, -0.15) is 0 Å². The molecule has 94 valence electrons. The molecular formula is C14H22N2O. The normalized spacial score (nSPS) is 18.0. The molecule has 1 aromatic rings. The molecule has 1 atom stereocenters. The Bertz CT molecular complexity index is 372. The summed E-state index contributed by atoms with van der Waals surface area (Å²) in [6.07, 6.45) is 5.45. The molecular weight excluding hydrogens is 212 g/mol. The van der Waals surface area contributed by atoms with Crippen LogP contribution in [0.2, 0.25) is 0 Å². The summed E-state index contributed by atoms with van der Waals surface area (Å²) in [5.41, 5.74) is 7.58. The second-order valence-corrected chi connectivity index (χ2v) is 4.93. The molecule has 3 N–H and O–H groups in total. The molecule has 0 amide bonds. The number of nitrogen functional groups attached to an aromatic ring is 1. The maximum absolute atomic E-state index is 5.80. The van der Waals surface area contributed by atoms with Crippen LogP contribution in [0.1, 0.15) is 32.6 Å². The van der Waals surface area contributed by atoms with Gasteiger partial charge in [0.2, 0.25) is 0 Å². The number of hydrogen-bond donors (Lipinski definition) is 2. The van der Waals surface area contributed by atoms with Gasteiger partial charge in [-0.1, -0.05) is 12.8 Å². The van der Waals surface area contributed by atoms with E-state index in [0.29, 0.717) is 11.7 Å². The van der Waals surface area contributed by atoms with E-state index >= 15 is 0 Å². The summed E-state index contributed by atoms with van der Waals surface area (Å²) < 4.78 is 5.23. The quantitative estimate of drug-likeness (QED) is 0.786. The molecule has 1 fully saturated rings. The molecule has 3 nitrogen and oxygen atoms in total. The number of nitrogens with one attached hydrogen (secondary N) is 1. The molecule has 0 bridgehead atoms. The average molecular weight is 234 g/mol. The lowest BCUT2D eigenvalue weighted by molar-refractivity contribution is 0.417. The Labute approximate surface area is 103 Å². The molecule has 0 aliphatic heterocycles. The number of ether oxygens (including phenoxy) is 1. The zero-order chi connectivity index (χ0) is 12.3. The first kappa shape index (κ1) is 12.1. The van der Waals surface area contributed by atoms with Crippen LogP contribution in [0.4, 0.5) is 11.4 Å². The standard InChI is InChI=1S/C14H22N2O/c1-10(11-5-3-4-6-11)16-12-7-8-13(15)14(9-12)17-2/h7-11,16H,3-6,15H2,1-2H3. The number of benzene rings is 1. The molecule has 1 aliphatic carbocycles. The lowest BCUT2D eigenvalue weighted by atomic mass is 9.99. The van der Waals surface area contributed by atoms with E-state index in [0.717, 1.165) is 17.4 Å². The smallest absolute Gasteiger partial charge is 0.143 e. The first-order valence-corrected chi connectivity index (χ1v) is 6.40. The van der Waals surface area contributed by atoms with Crippen molar-refractivity contribution in [1.82, 2.24) is 0 Å². The fourth-order valence-electron chi connectivity index (χ4n) is 2.64. The van der Waals surface area contributed by atoms with Crippen molar-refractivity contribution in [3.05, 3.63) is 18.2 Å². The highest BCUT2D eigenvalue weighted by Gasteiger charge is 2.21. The molecule has 17 heavy (non-hydrogen) atoms. The lowest BCUT2D eigenvalue weighted by Gasteiger charge is -2.22. The molecule has 1 aromatic carbocycles. The minimum absolute atomic E-state index is 0.519. The molecule has 1 aliphatic rings. The van der Waals surface area contributed by atoms with E-state index in [1.807, 2.05) is 18.2 Å². The predicted octanol–water partition coefficient (Wildman–Crippen LogP) is 3.27. The Morgan fingerprint density at radius 3 is 2.71 bits per heavy atom. The Balaban J connectivity index is 2.02. The van der Waals surface area contributed by atoms with Crippen molar-refractivity contribution in [1.29, 1.82) is 0 Å². The zero-order valence-electron chi connectivity index (χ0n) is 10.7. The summed E-state index contributed by atoms with van der Waals surface area (Å²) in [5, 5.41) is 3.55. The van der Waals surface area contributed by atoms with Crippen molar-refractivity contribution in [2.24, 2.45) is 5.92 Å². The number of hydrogen-bond acceptors (Lipinski definition) is 3. The second kappa shape index (κ2) is 5.30. The van der Waals surface area contributed by atoms with E-state index in [1.165, 1.54) is 25.7 Å². The Hall–Kier alpha value is -1.38. The van der Waals surface area contributed by atoms with Crippen molar-refractivity contribution < 1.29 is 4.74 Å². The van der Waals surface area contributed by atoms with Crippen LogP contribution >= 0.6 is 0 Å². The Morgan fingerprint density at radius 1 is 1.35 bits per heavy atom. The third-order valence-corrected chi connectivity index (χ3v) is 3.73.